The van der Waals surface area contributed by atoms with E-state index in [4.69, 9.17) is 28.3 Å². The van der Waals surface area contributed by atoms with E-state index in [0.717, 1.165) is 42.2 Å². The average molecular weight is 810 g/mol. The summed E-state index contributed by atoms with van der Waals surface area (Å²) in [6.45, 7) is 4.19. The number of aryl methyl sites for hydroxylation is 2. The van der Waals surface area contributed by atoms with Crippen molar-refractivity contribution in [3.63, 3.8) is 0 Å². The van der Waals surface area contributed by atoms with Gasteiger partial charge in [-0.2, -0.15) is 0 Å². The highest BCUT2D eigenvalue weighted by Crippen LogP contribution is 2.36. The van der Waals surface area contributed by atoms with Gasteiger partial charge in [0.1, 0.15) is 34.0 Å². The molecule has 0 aliphatic carbocycles. The van der Waals surface area contributed by atoms with Gasteiger partial charge in [0.25, 0.3) is 0 Å². The zero-order valence-electron chi connectivity index (χ0n) is 33.4. The van der Waals surface area contributed by atoms with Gasteiger partial charge in [-0.25, -0.2) is 24.2 Å². The number of carbonyl (C=O) groups excluding carboxylic acids is 4. The van der Waals surface area contributed by atoms with Gasteiger partial charge in [-0.05, 0) is 133 Å². The molecule has 61 heavy (non-hydrogen) atoms. The number of pyridine rings is 1. The van der Waals surface area contributed by atoms with E-state index >= 15 is 0 Å². The van der Waals surface area contributed by atoms with Crippen molar-refractivity contribution in [2.45, 2.75) is 39.5 Å². The number of esters is 4. The van der Waals surface area contributed by atoms with Gasteiger partial charge < -0.3 is 23.4 Å². The van der Waals surface area contributed by atoms with E-state index in [1.807, 2.05) is 54.6 Å². The minimum Gasteiger partial charge on any atom is -0.454 e. The highest BCUT2D eigenvalue weighted by atomic mass is 16.5. The van der Waals surface area contributed by atoms with Gasteiger partial charge in [-0.3, -0.25) is 0 Å². The Balaban J connectivity index is 1.01. The first-order chi connectivity index (χ1) is 29.7. The summed E-state index contributed by atoms with van der Waals surface area (Å²) in [5.74, 6) is -1.12. The lowest BCUT2D eigenvalue weighted by Crippen LogP contribution is -2.12. The summed E-state index contributed by atoms with van der Waals surface area (Å²) >= 11 is 0. The van der Waals surface area contributed by atoms with E-state index in [0.29, 0.717) is 33.6 Å². The third-order valence-corrected chi connectivity index (χ3v) is 9.92. The fourth-order valence-corrected chi connectivity index (χ4v) is 6.74. The van der Waals surface area contributed by atoms with Crippen molar-refractivity contribution in [3.05, 3.63) is 185 Å². The van der Waals surface area contributed by atoms with Crippen molar-refractivity contribution >= 4 is 45.7 Å². The largest absolute Gasteiger partial charge is 0.454 e. The molecule has 6 aromatic carbocycles. The quantitative estimate of drug-likeness (QED) is 0.0819. The molecule has 8 aromatic rings. The average Bonchev–Trinajstić information content (AvgIpc) is 3.73. The first kappa shape index (κ1) is 40.0. The highest BCUT2D eigenvalue weighted by Gasteiger charge is 2.20. The molecule has 0 spiro atoms. The molecule has 0 saturated carbocycles. The molecule has 0 N–H and O–H groups in total. The predicted octanol–water partition coefficient (Wildman–Crippen LogP) is 11.4. The fourth-order valence-electron chi connectivity index (χ4n) is 6.74. The molecule has 10 nitrogen and oxygen atoms in total. The van der Waals surface area contributed by atoms with E-state index in [-0.39, 0.29) is 39.6 Å². The Hall–Kier alpha value is -7.85. The van der Waals surface area contributed by atoms with Crippen LogP contribution in [0.1, 0.15) is 79.2 Å². The number of fused-ring (bicyclic) bond motifs is 2. The van der Waals surface area contributed by atoms with Crippen LogP contribution in [0.25, 0.3) is 33.3 Å². The summed E-state index contributed by atoms with van der Waals surface area (Å²) < 4.78 is 28.9. The van der Waals surface area contributed by atoms with Gasteiger partial charge in [0.05, 0.1) is 22.3 Å². The Bertz CT molecular complexity index is 2850. The molecule has 10 heteroatoms. The maximum Gasteiger partial charge on any atom is 0.343 e. The second-order valence-electron chi connectivity index (χ2n) is 14.3. The molecular weight excluding hydrogens is 771 g/mol. The van der Waals surface area contributed by atoms with Crippen molar-refractivity contribution in [2.75, 3.05) is 0 Å². The van der Waals surface area contributed by atoms with Crippen LogP contribution in [0.15, 0.2) is 156 Å². The van der Waals surface area contributed by atoms with Gasteiger partial charge in [-0.15, -0.1) is 0 Å². The third-order valence-electron chi connectivity index (χ3n) is 9.92. The molecule has 0 aliphatic heterocycles. The van der Waals surface area contributed by atoms with Crippen LogP contribution in [-0.2, 0) is 12.8 Å². The molecule has 302 valence electrons. The number of aromatic nitrogens is 1. The standard InChI is InChI=1S/C51H39NO9/c1-3-7-32-11-15-34(16-12-32)48(53)57-39-23-19-36(20-24-39)50(55)60-44-29-30-45(47-41(44)27-28-42(52-47)46-31-38-9-5-6-10-43(38)59-46)61-51(56)37-21-25-40(26-22-37)58-49(54)35-17-13-33(8-4-2)14-18-35/h5-6,9-31H,3-4,7-8H2,1-2H3. The Morgan fingerprint density at radius 3 is 1.46 bits per heavy atom. The van der Waals surface area contributed by atoms with E-state index in [2.05, 4.69) is 13.8 Å². The van der Waals surface area contributed by atoms with Crippen LogP contribution in [-0.4, -0.2) is 28.9 Å². The summed E-state index contributed by atoms with van der Waals surface area (Å²) in [7, 11) is 0. The normalized spacial score (nSPS) is 11.0. The monoisotopic (exact) mass is 809 g/mol. The van der Waals surface area contributed by atoms with Crippen LogP contribution in [0.3, 0.4) is 0 Å². The van der Waals surface area contributed by atoms with Crippen molar-refractivity contribution in [1.29, 1.82) is 0 Å². The first-order valence-corrected chi connectivity index (χ1v) is 19.9. The Kier molecular flexibility index (Phi) is 11.8. The van der Waals surface area contributed by atoms with Crippen LogP contribution in [0.4, 0.5) is 0 Å². The number of benzene rings is 6. The Morgan fingerprint density at radius 2 is 0.951 bits per heavy atom. The molecule has 2 heterocycles. The van der Waals surface area contributed by atoms with Crippen molar-refractivity contribution in [2.24, 2.45) is 0 Å². The maximum atomic E-state index is 13.5. The number of furan rings is 1. The SMILES string of the molecule is CCCc1ccc(C(=O)Oc2ccc(C(=O)Oc3ccc(OC(=O)c4ccc(OC(=O)c5ccc(CCC)cc5)cc4)c4nc(-c5cc6ccccc6o5)ccc34)cc2)cc1. The van der Waals surface area contributed by atoms with E-state index in [1.165, 1.54) is 60.7 Å². The van der Waals surface area contributed by atoms with Gasteiger partial charge in [0.15, 0.2) is 11.5 Å². The lowest BCUT2D eigenvalue weighted by molar-refractivity contribution is 0.0718. The summed E-state index contributed by atoms with van der Waals surface area (Å²) in [6, 6.07) is 42.5. The van der Waals surface area contributed by atoms with Crippen LogP contribution >= 0.6 is 0 Å². The first-order valence-electron chi connectivity index (χ1n) is 19.9. The molecule has 0 bridgehead atoms. The summed E-state index contributed by atoms with van der Waals surface area (Å²) in [5.41, 5.74) is 4.88. The van der Waals surface area contributed by atoms with E-state index in [1.54, 1.807) is 36.4 Å². The van der Waals surface area contributed by atoms with Crippen LogP contribution in [0.2, 0.25) is 0 Å². The molecule has 2 aromatic heterocycles. The van der Waals surface area contributed by atoms with Crippen molar-refractivity contribution in [1.82, 2.24) is 4.98 Å². The number of carbonyl (C=O) groups is 4. The number of hydrogen-bond donors (Lipinski definition) is 0. The lowest BCUT2D eigenvalue weighted by Gasteiger charge is -2.13. The number of nitrogens with zero attached hydrogens (tertiary/aromatic N) is 1. The number of ether oxygens (including phenoxy) is 4. The smallest absolute Gasteiger partial charge is 0.343 e. The van der Waals surface area contributed by atoms with E-state index < -0.39 is 23.9 Å². The molecular formula is C51H39NO9. The minimum absolute atomic E-state index is 0.103. The molecule has 0 radical (unpaired) electrons. The Labute approximate surface area is 351 Å². The molecule has 0 atom stereocenters. The second-order valence-corrected chi connectivity index (χ2v) is 14.3. The lowest BCUT2D eigenvalue weighted by atomic mass is 10.1. The molecule has 0 amide bonds. The maximum absolute atomic E-state index is 13.5. The predicted molar refractivity (Wildman–Crippen MR) is 231 cm³/mol. The Morgan fingerprint density at radius 1 is 0.492 bits per heavy atom. The zero-order valence-corrected chi connectivity index (χ0v) is 33.4. The molecule has 0 aliphatic rings. The van der Waals surface area contributed by atoms with Crippen LogP contribution in [0, 0.1) is 0 Å². The summed E-state index contributed by atoms with van der Waals surface area (Å²) in [6.07, 6.45) is 3.86. The summed E-state index contributed by atoms with van der Waals surface area (Å²) in [5, 5.41) is 1.27. The van der Waals surface area contributed by atoms with Crippen molar-refractivity contribution < 1.29 is 42.5 Å². The van der Waals surface area contributed by atoms with E-state index in [9.17, 15) is 19.2 Å². The second kappa shape index (κ2) is 18.0. The number of rotatable bonds is 13. The fraction of sp³-hybridized carbons (Fsp3) is 0.118. The van der Waals surface area contributed by atoms with Gasteiger partial charge >= 0.3 is 23.9 Å². The number of para-hydroxylation sites is 1. The minimum atomic E-state index is -0.694. The summed E-state index contributed by atoms with van der Waals surface area (Å²) in [4.78, 5) is 57.3. The van der Waals surface area contributed by atoms with Gasteiger partial charge in [0, 0.05) is 10.8 Å². The molecule has 0 saturated heterocycles. The van der Waals surface area contributed by atoms with Gasteiger partial charge in [-0.1, -0.05) is 69.2 Å². The molecule has 0 fully saturated rings. The van der Waals surface area contributed by atoms with Crippen LogP contribution in [0.5, 0.6) is 23.0 Å². The highest BCUT2D eigenvalue weighted by molar-refractivity contribution is 6.00. The zero-order chi connectivity index (χ0) is 42.3. The van der Waals surface area contributed by atoms with Crippen LogP contribution < -0.4 is 18.9 Å². The topological polar surface area (TPSA) is 131 Å². The molecule has 0 unspecified atom stereocenters. The van der Waals surface area contributed by atoms with Crippen molar-refractivity contribution in [3.8, 4) is 34.5 Å². The molecule has 8 rings (SSSR count). The van der Waals surface area contributed by atoms with Gasteiger partial charge in [0.2, 0.25) is 0 Å². The third kappa shape index (κ3) is 9.24. The number of hydrogen-bond acceptors (Lipinski definition) is 10.